The van der Waals surface area contributed by atoms with E-state index in [2.05, 4.69) is 0 Å². The van der Waals surface area contributed by atoms with Crippen LogP contribution >= 0.6 is 0 Å². The molecular formula is C6H8N4. The summed E-state index contributed by atoms with van der Waals surface area (Å²) >= 11 is 0. The monoisotopic (exact) mass is 136 g/mol. The molecule has 0 saturated heterocycles. The molecule has 0 atom stereocenters. The largest absolute Gasteiger partial charge is 0.329 e. The Balaban J connectivity index is 0. The first-order valence-corrected chi connectivity index (χ1v) is 2.64. The molecular weight excluding hydrogens is 128 g/mol. The highest BCUT2D eigenvalue weighted by atomic mass is 14.5. The SMILES string of the molecule is N#CCC#N.N#CCCN. The Labute approximate surface area is 60.1 Å². The maximum Gasteiger partial charge on any atom is 0.122 e. The standard InChI is InChI=1S/C3H6N2.C3H2N2/c2*4-2-1-3-5/h1-2,4H2;1H2. The van der Waals surface area contributed by atoms with E-state index in [1.54, 1.807) is 12.1 Å². The van der Waals surface area contributed by atoms with Gasteiger partial charge < -0.3 is 5.73 Å². The number of nitriles is 3. The van der Waals surface area contributed by atoms with Crippen LogP contribution in [0.2, 0.25) is 0 Å². The lowest BCUT2D eigenvalue weighted by molar-refractivity contribution is 1.02. The van der Waals surface area contributed by atoms with Crippen LogP contribution in [0.25, 0.3) is 0 Å². The topological polar surface area (TPSA) is 97.4 Å². The van der Waals surface area contributed by atoms with Gasteiger partial charge in [0, 0.05) is 13.0 Å². The van der Waals surface area contributed by atoms with E-state index in [1.165, 1.54) is 0 Å². The molecule has 0 aliphatic carbocycles. The van der Waals surface area contributed by atoms with Gasteiger partial charge in [-0.25, -0.2) is 0 Å². The highest BCUT2D eigenvalue weighted by Crippen LogP contribution is 1.60. The molecule has 2 N–H and O–H groups in total. The third-order valence-electron chi connectivity index (χ3n) is 0.414. The van der Waals surface area contributed by atoms with Crippen molar-refractivity contribution in [2.45, 2.75) is 12.8 Å². The molecule has 4 nitrogen and oxygen atoms in total. The molecule has 0 unspecified atom stereocenters. The van der Waals surface area contributed by atoms with Gasteiger partial charge in [0.1, 0.15) is 6.42 Å². The molecule has 0 aliphatic rings. The predicted octanol–water partition coefficient (Wildman–Crippen LogP) is 0.282. The van der Waals surface area contributed by atoms with Gasteiger partial charge in [0.05, 0.1) is 18.2 Å². The normalized spacial score (nSPS) is 5.40. The summed E-state index contributed by atoms with van der Waals surface area (Å²) in [6.07, 6.45) is 0.472. The Morgan fingerprint density at radius 2 is 1.50 bits per heavy atom. The average molecular weight is 136 g/mol. The molecule has 0 rings (SSSR count). The van der Waals surface area contributed by atoms with Crippen LogP contribution in [0.5, 0.6) is 0 Å². The van der Waals surface area contributed by atoms with E-state index in [0.29, 0.717) is 13.0 Å². The summed E-state index contributed by atoms with van der Waals surface area (Å²) in [6.45, 7) is 0.483. The van der Waals surface area contributed by atoms with Crippen LogP contribution < -0.4 is 5.73 Å². The maximum atomic E-state index is 7.74. The third kappa shape index (κ3) is 32.1. The summed E-state index contributed by atoms with van der Waals surface area (Å²) in [5.74, 6) is 0. The second kappa shape index (κ2) is 15.7. The van der Waals surface area contributed by atoms with Gasteiger partial charge in [-0.2, -0.15) is 15.8 Å². The van der Waals surface area contributed by atoms with Gasteiger partial charge in [-0.15, -0.1) is 0 Å². The second-order valence-electron chi connectivity index (χ2n) is 1.19. The van der Waals surface area contributed by atoms with Crippen LogP contribution in [0.4, 0.5) is 0 Å². The number of hydrogen-bond acceptors (Lipinski definition) is 4. The van der Waals surface area contributed by atoms with E-state index in [-0.39, 0.29) is 6.42 Å². The molecule has 0 aliphatic heterocycles. The van der Waals surface area contributed by atoms with E-state index >= 15 is 0 Å². The number of rotatable bonds is 1. The Morgan fingerprint density at radius 1 is 1.00 bits per heavy atom. The van der Waals surface area contributed by atoms with Crippen LogP contribution in [-0.4, -0.2) is 6.54 Å². The van der Waals surface area contributed by atoms with E-state index in [1.807, 2.05) is 6.07 Å². The lowest BCUT2D eigenvalue weighted by Crippen LogP contribution is -1.94. The molecule has 0 saturated carbocycles. The van der Waals surface area contributed by atoms with Crippen LogP contribution in [0.3, 0.4) is 0 Å². The van der Waals surface area contributed by atoms with Crippen molar-refractivity contribution in [2.75, 3.05) is 6.54 Å². The molecule has 0 aromatic rings. The van der Waals surface area contributed by atoms with Crippen LogP contribution in [-0.2, 0) is 0 Å². The average Bonchev–Trinajstić information content (AvgIpc) is 1.93. The van der Waals surface area contributed by atoms with Crippen LogP contribution in [0, 0.1) is 34.0 Å². The van der Waals surface area contributed by atoms with Crippen molar-refractivity contribution in [3.63, 3.8) is 0 Å². The fourth-order valence-electron chi connectivity index (χ4n) is 0.0999. The molecule has 0 heterocycles. The zero-order valence-corrected chi connectivity index (χ0v) is 5.54. The lowest BCUT2D eigenvalue weighted by atomic mass is 10.5. The smallest absolute Gasteiger partial charge is 0.122 e. The summed E-state index contributed by atoms with van der Waals surface area (Å²) in [6, 6.07) is 5.20. The Hall–Kier alpha value is -1.57. The first-order valence-electron chi connectivity index (χ1n) is 2.64. The molecule has 0 radical (unpaired) electrons. The highest BCUT2D eigenvalue weighted by Gasteiger charge is 1.65. The van der Waals surface area contributed by atoms with E-state index in [4.69, 9.17) is 21.5 Å². The Bertz CT molecular complexity index is 154. The summed E-state index contributed by atoms with van der Waals surface area (Å²) in [7, 11) is 0. The van der Waals surface area contributed by atoms with Crippen LogP contribution in [0.1, 0.15) is 12.8 Å². The summed E-state index contributed by atoms with van der Waals surface area (Å²) in [4.78, 5) is 0. The number of hydrogen-bond donors (Lipinski definition) is 1. The molecule has 4 heteroatoms. The maximum absolute atomic E-state index is 7.74. The Morgan fingerprint density at radius 3 is 1.50 bits per heavy atom. The van der Waals surface area contributed by atoms with E-state index < -0.39 is 0 Å². The first kappa shape index (κ1) is 11.3. The van der Waals surface area contributed by atoms with Gasteiger partial charge in [-0.1, -0.05) is 0 Å². The van der Waals surface area contributed by atoms with Gasteiger partial charge in [0.2, 0.25) is 0 Å². The van der Waals surface area contributed by atoms with Crippen molar-refractivity contribution in [1.82, 2.24) is 0 Å². The quantitative estimate of drug-likeness (QED) is 0.559. The minimum Gasteiger partial charge on any atom is -0.329 e. The van der Waals surface area contributed by atoms with E-state index in [9.17, 15) is 0 Å². The van der Waals surface area contributed by atoms with Crippen molar-refractivity contribution in [3.05, 3.63) is 0 Å². The number of nitrogens with zero attached hydrogens (tertiary/aromatic N) is 3. The molecule has 0 fully saturated rings. The van der Waals surface area contributed by atoms with Gasteiger partial charge >= 0.3 is 0 Å². The van der Waals surface area contributed by atoms with Crippen molar-refractivity contribution in [2.24, 2.45) is 5.73 Å². The molecule has 0 bridgehead atoms. The fourth-order valence-corrected chi connectivity index (χ4v) is 0.0999. The summed E-state index contributed by atoms with van der Waals surface area (Å²) in [5, 5.41) is 22.9. The molecule has 0 aromatic heterocycles. The van der Waals surface area contributed by atoms with Gasteiger partial charge in [0.15, 0.2) is 0 Å². The predicted molar refractivity (Wildman–Crippen MR) is 35.1 cm³/mol. The second-order valence-corrected chi connectivity index (χ2v) is 1.19. The van der Waals surface area contributed by atoms with Crippen molar-refractivity contribution in [1.29, 1.82) is 15.8 Å². The minimum absolute atomic E-state index is 0. The third-order valence-corrected chi connectivity index (χ3v) is 0.414. The fraction of sp³-hybridized carbons (Fsp3) is 0.500. The van der Waals surface area contributed by atoms with Crippen LogP contribution in [0.15, 0.2) is 0 Å². The molecule has 10 heavy (non-hydrogen) atoms. The highest BCUT2D eigenvalue weighted by molar-refractivity contribution is 4.85. The van der Waals surface area contributed by atoms with Gasteiger partial charge in [-0.3, -0.25) is 0 Å². The van der Waals surface area contributed by atoms with Crippen molar-refractivity contribution >= 4 is 0 Å². The molecule has 52 valence electrons. The molecule has 0 aromatic carbocycles. The zero-order valence-electron chi connectivity index (χ0n) is 5.54. The van der Waals surface area contributed by atoms with Crippen molar-refractivity contribution < 1.29 is 0 Å². The minimum atomic E-state index is 0. The van der Waals surface area contributed by atoms with Crippen molar-refractivity contribution in [3.8, 4) is 18.2 Å². The summed E-state index contributed by atoms with van der Waals surface area (Å²) < 4.78 is 0. The first-order chi connectivity index (χ1) is 4.83. The molecule has 0 amide bonds. The Kier molecular flexibility index (Phi) is 17.6. The number of nitrogens with two attached hydrogens (primary N) is 1. The lowest BCUT2D eigenvalue weighted by Gasteiger charge is -1.68. The van der Waals surface area contributed by atoms with Gasteiger partial charge in [-0.05, 0) is 0 Å². The zero-order chi connectivity index (χ0) is 8.24. The van der Waals surface area contributed by atoms with E-state index in [0.717, 1.165) is 0 Å². The van der Waals surface area contributed by atoms with Gasteiger partial charge in [0.25, 0.3) is 0 Å². The molecule has 0 spiro atoms. The summed E-state index contributed by atoms with van der Waals surface area (Å²) in [5.41, 5.74) is 4.92.